The van der Waals surface area contributed by atoms with Crippen LogP contribution >= 0.6 is 0 Å². The van der Waals surface area contributed by atoms with Gasteiger partial charge in [0.2, 0.25) is 0 Å². The zero-order valence-corrected chi connectivity index (χ0v) is 13.1. The number of rotatable bonds is 3. The summed E-state index contributed by atoms with van der Waals surface area (Å²) in [4.78, 5) is 7.74. The molecule has 0 spiro atoms. The highest BCUT2D eigenvalue weighted by atomic mass is 19.4. The van der Waals surface area contributed by atoms with E-state index in [1.165, 1.54) is 12.3 Å². The Hall–Kier alpha value is -2.11. The van der Waals surface area contributed by atoms with E-state index in [0.29, 0.717) is 17.9 Å². The van der Waals surface area contributed by atoms with E-state index >= 15 is 0 Å². The topological polar surface area (TPSA) is 37.8 Å². The van der Waals surface area contributed by atoms with Gasteiger partial charge in [-0.15, -0.1) is 0 Å². The van der Waals surface area contributed by atoms with Gasteiger partial charge in [0.15, 0.2) is 0 Å². The molecule has 0 aromatic carbocycles. The second-order valence-electron chi connectivity index (χ2n) is 4.50. The average Bonchev–Trinajstić information content (AvgIpc) is 2.50. The fraction of sp³-hybridized carbons (Fsp3) is 0.375. The third kappa shape index (κ3) is 5.02. The van der Waals surface area contributed by atoms with E-state index in [9.17, 15) is 13.2 Å². The van der Waals surface area contributed by atoms with Gasteiger partial charge in [0.05, 0.1) is 0 Å². The van der Waals surface area contributed by atoms with E-state index in [-0.39, 0.29) is 0 Å². The van der Waals surface area contributed by atoms with E-state index in [2.05, 4.69) is 15.3 Å². The van der Waals surface area contributed by atoms with Crippen molar-refractivity contribution in [3.63, 3.8) is 0 Å². The summed E-state index contributed by atoms with van der Waals surface area (Å²) in [5, 5.41) is 3.05. The highest BCUT2D eigenvalue weighted by molar-refractivity contribution is 5.38. The molecule has 0 bridgehead atoms. The van der Waals surface area contributed by atoms with Crippen LogP contribution in [-0.2, 0) is 12.7 Å². The summed E-state index contributed by atoms with van der Waals surface area (Å²) in [5.41, 5.74) is 1.79. The van der Waals surface area contributed by atoms with Gasteiger partial charge in [0.1, 0.15) is 11.5 Å². The molecule has 0 aliphatic heterocycles. The third-order valence-electron chi connectivity index (χ3n) is 2.94. The molecule has 2 rings (SSSR count). The van der Waals surface area contributed by atoms with Crippen LogP contribution < -0.4 is 5.32 Å². The summed E-state index contributed by atoms with van der Waals surface area (Å²) in [6.07, 6.45) is -3.18. The molecule has 2 heterocycles. The highest BCUT2D eigenvalue weighted by Gasteiger charge is 2.31. The maximum absolute atomic E-state index is 12.4. The van der Waals surface area contributed by atoms with Gasteiger partial charge >= 0.3 is 6.18 Å². The molecule has 22 heavy (non-hydrogen) atoms. The lowest BCUT2D eigenvalue weighted by molar-refractivity contribution is -0.141. The van der Waals surface area contributed by atoms with Crippen LogP contribution in [0.4, 0.5) is 19.0 Å². The molecular weight excluding hydrogens is 291 g/mol. The molecule has 6 heteroatoms. The van der Waals surface area contributed by atoms with Crippen LogP contribution in [0.5, 0.6) is 0 Å². The van der Waals surface area contributed by atoms with E-state index in [1.54, 1.807) is 0 Å². The largest absolute Gasteiger partial charge is 0.433 e. The van der Waals surface area contributed by atoms with Crippen molar-refractivity contribution in [2.75, 3.05) is 5.32 Å². The first-order chi connectivity index (χ1) is 10.4. The third-order valence-corrected chi connectivity index (χ3v) is 2.94. The lowest BCUT2D eigenvalue weighted by Gasteiger charge is -2.09. The lowest BCUT2D eigenvalue weighted by Crippen LogP contribution is -2.09. The van der Waals surface area contributed by atoms with Crippen molar-refractivity contribution in [2.45, 2.75) is 40.4 Å². The van der Waals surface area contributed by atoms with Gasteiger partial charge in [-0.3, -0.25) is 4.98 Å². The molecule has 1 N–H and O–H groups in total. The Labute approximate surface area is 128 Å². The normalized spacial score (nSPS) is 10.7. The molecule has 0 unspecified atom stereocenters. The van der Waals surface area contributed by atoms with Crippen molar-refractivity contribution < 1.29 is 13.2 Å². The van der Waals surface area contributed by atoms with Gasteiger partial charge in [-0.25, -0.2) is 4.98 Å². The Bertz CT molecular complexity index is 593. The fourth-order valence-corrected chi connectivity index (χ4v) is 1.62. The monoisotopic (exact) mass is 311 g/mol. The molecule has 0 saturated heterocycles. The number of halogens is 3. The number of aryl methyl sites for hydroxylation is 2. The molecule has 0 aliphatic rings. The summed E-state index contributed by atoms with van der Waals surface area (Å²) in [6.45, 7) is 8.24. The van der Waals surface area contributed by atoms with Gasteiger partial charge in [-0.1, -0.05) is 26.0 Å². The molecule has 2 aromatic heterocycles. The maximum Gasteiger partial charge on any atom is 0.433 e. The molecule has 0 saturated carbocycles. The smallest absolute Gasteiger partial charge is 0.366 e. The molecule has 0 fully saturated rings. The Morgan fingerprint density at radius 1 is 1.05 bits per heavy atom. The lowest BCUT2D eigenvalue weighted by atomic mass is 10.2. The number of hydrogen-bond acceptors (Lipinski definition) is 3. The van der Waals surface area contributed by atoms with Crippen LogP contribution in [0, 0.1) is 13.8 Å². The van der Waals surface area contributed by atoms with Gasteiger partial charge in [0, 0.05) is 18.4 Å². The van der Waals surface area contributed by atoms with Crippen LogP contribution in [0.15, 0.2) is 30.5 Å². The van der Waals surface area contributed by atoms with E-state index < -0.39 is 11.9 Å². The van der Waals surface area contributed by atoms with Crippen LogP contribution in [0.2, 0.25) is 0 Å². The first-order valence-electron chi connectivity index (χ1n) is 7.06. The standard InChI is InChI=1S/C14H14F3N3.C2H6/c1-9-3-6-13(20-10(9)2)19-8-11-4-5-12(18-7-11)14(15,16)17;1-2/h3-7H,8H2,1-2H3,(H,19,20);1-2H3. The van der Waals surface area contributed by atoms with Gasteiger partial charge in [-0.2, -0.15) is 13.2 Å². The Morgan fingerprint density at radius 2 is 1.73 bits per heavy atom. The minimum absolute atomic E-state index is 0.376. The highest BCUT2D eigenvalue weighted by Crippen LogP contribution is 2.27. The average molecular weight is 311 g/mol. The number of nitrogens with zero attached hydrogens (tertiary/aromatic N) is 2. The molecule has 2 aromatic rings. The molecule has 120 valence electrons. The number of aromatic nitrogens is 2. The van der Waals surface area contributed by atoms with Crippen molar-refractivity contribution in [2.24, 2.45) is 0 Å². The summed E-state index contributed by atoms with van der Waals surface area (Å²) >= 11 is 0. The predicted molar refractivity (Wildman–Crippen MR) is 81.6 cm³/mol. The van der Waals surface area contributed by atoms with Crippen molar-refractivity contribution in [3.05, 3.63) is 53.0 Å². The maximum atomic E-state index is 12.4. The van der Waals surface area contributed by atoms with E-state index in [0.717, 1.165) is 17.3 Å². The number of hydrogen-bond donors (Lipinski definition) is 1. The number of anilines is 1. The SMILES string of the molecule is CC.Cc1ccc(NCc2ccc(C(F)(F)F)nc2)nc1C. The van der Waals surface area contributed by atoms with Crippen LogP contribution in [0.25, 0.3) is 0 Å². The first-order valence-corrected chi connectivity index (χ1v) is 7.06. The van der Waals surface area contributed by atoms with Crippen molar-refractivity contribution in [3.8, 4) is 0 Å². The first kappa shape index (κ1) is 17.9. The summed E-state index contributed by atoms with van der Waals surface area (Å²) in [7, 11) is 0. The molecular formula is C16H20F3N3. The minimum atomic E-state index is -4.40. The quantitative estimate of drug-likeness (QED) is 0.889. The second-order valence-corrected chi connectivity index (χ2v) is 4.50. The van der Waals surface area contributed by atoms with Gasteiger partial charge in [0.25, 0.3) is 0 Å². The number of alkyl halides is 3. The van der Waals surface area contributed by atoms with E-state index in [4.69, 9.17) is 0 Å². The summed E-state index contributed by atoms with van der Waals surface area (Å²) in [5.74, 6) is 0.688. The van der Waals surface area contributed by atoms with Gasteiger partial charge < -0.3 is 5.32 Å². The zero-order valence-electron chi connectivity index (χ0n) is 13.1. The van der Waals surface area contributed by atoms with Crippen LogP contribution in [-0.4, -0.2) is 9.97 Å². The minimum Gasteiger partial charge on any atom is -0.366 e. The van der Waals surface area contributed by atoms with Crippen molar-refractivity contribution in [1.29, 1.82) is 0 Å². The number of pyridine rings is 2. The molecule has 0 atom stereocenters. The van der Waals surface area contributed by atoms with Crippen LogP contribution in [0.3, 0.4) is 0 Å². The molecule has 0 radical (unpaired) electrons. The number of nitrogens with one attached hydrogen (secondary N) is 1. The van der Waals surface area contributed by atoms with E-state index in [1.807, 2.05) is 39.8 Å². The summed E-state index contributed by atoms with van der Waals surface area (Å²) < 4.78 is 37.1. The van der Waals surface area contributed by atoms with Crippen molar-refractivity contribution >= 4 is 5.82 Å². The second kappa shape index (κ2) is 7.77. The van der Waals surface area contributed by atoms with Crippen molar-refractivity contribution in [1.82, 2.24) is 9.97 Å². The summed E-state index contributed by atoms with van der Waals surface area (Å²) in [6, 6.07) is 6.16. The Kier molecular flexibility index (Phi) is 6.34. The van der Waals surface area contributed by atoms with Gasteiger partial charge in [-0.05, 0) is 37.1 Å². The fourth-order valence-electron chi connectivity index (χ4n) is 1.62. The predicted octanol–water partition coefficient (Wildman–Crippen LogP) is 4.75. The molecule has 0 amide bonds. The Balaban J connectivity index is 0.00000116. The molecule has 0 aliphatic carbocycles. The van der Waals surface area contributed by atoms with Crippen LogP contribution in [0.1, 0.15) is 36.4 Å². The molecule has 3 nitrogen and oxygen atoms in total. The Morgan fingerprint density at radius 3 is 2.23 bits per heavy atom. The zero-order chi connectivity index (χ0) is 16.8.